The summed E-state index contributed by atoms with van der Waals surface area (Å²) in [6, 6.07) is 9.19. The van der Waals surface area contributed by atoms with Crippen LogP contribution in [0.1, 0.15) is 41.4 Å². The molecule has 1 aromatic carbocycles. The van der Waals surface area contributed by atoms with Gasteiger partial charge in [0.1, 0.15) is 11.9 Å². The number of methoxy groups -OCH3 is 1. The number of fused-ring (bicyclic) bond motifs is 1. The summed E-state index contributed by atoms with van der Waals surface area (Å²) < 4.78 is 20.6. The molecule has 5 nitrogen and oxygen atoms in total. The first-order chi connectivity index (χ1) is 16.5. The van der Waals surface area contributed by atoms with Crippen LogP contribution in [0.5, 0.6) is 5.75 Å². The van der Waals surface area contributed by atoms with Crippen molar-refractivity contribution < 1.29 is 19.0 Å². The number of aryl methyl sites for hydroxylation is 1. The molecule has 1 saturated heterocycles. The normalized spacial score (nSPS) is 19.4. The van der Waals surface area contributed by atoms with E-state index in [1.165, 1.54) is 5.56 Å². The van der Waals surface area contributed by atoms with Gasteiger partial charge in [-0.25, -0.2) is 4.39 Å². The fourth-order valence-electron chi connectivity index (χ4n) is 4.63. The second-order valence-electron chi connectivity index (χ2n) is 8.79. The molecule has 2 aromatic heterocycles. The Morgan fingerprint density at radius 1 is 1.38 bits per heavy atom. The Kier molecular flexibility index (Phi) is 7.81. The summed E-state index contributed by atoms with van der Waals surface area (Å²) in [5, 5.41) is 12.6. The van der Waals surface area contributed by atoms with Crippen LogP contribution in [0, 0.1) is 30.6 Å². The van der Waals surface area contributed by atoms with Crippen LogP contribution in [0.15, 0.2) is 41.9 Å². The van der Waals surface area contributed by atoms with E-state index in [1.54, 1.807) is 30.7 Å². The summed E-state index contributed by atoms with van der Waals surface area (Å²) in [6.45, 7) is 3.81. The van der Waals surface area contributed by atoms with Crippen LogP contribution >= 0.6 is 11.3 Å². The lowest BCUT2D eigenvalue weighted by Gasteiger charge is -2.35. The van der Waals surface area contributed by atoms with Gasteiger partial charge in [-0.05, 0) is 85.5 Å². The second kappa shape index (κ2) is 11.0. The number of benzene rings is 1. The van der Waals surface area contributed by atoms with Crippen LogP contribution in [0.4, 0.5) is 4.39 Å². The lowest BCUT2D eigenvalue weighted by molar-refractivity contribution is -0.146. The number of hydrogen-bond acceptors (Lipinski definition) is 5. The molecular formula is C27H29FN2O3S. The number of carboxylic acids is 1. The highest BCUT2D eigenvalue weighted by Crippen LogP contribution is 2.35. The van der Waals surface area contributed by atoms with E-state index in [0.29, 0.717) is 30.8 Å². The summed E-state index contributed by atoms with van der Waals surface area (Å²) in [4.78, 5) is 19.5. The number of alkyl halides is 1. The Balaban J connectivity index is 1.38. The molecule has 178 valence electrons. The minimum absolute atomic E-state index is 0.0536. The summed E-state index contributed by atoms with van der Waals surface area (Å²) in [5.74, 6) is 5.66. The number of halogens is 1. The number of rotatable bonds is 7. The average molecular weight is 481 g/mol. The number of piperidine rings is 1. The highest BCUT2D eigenvalue weighted by atomic mass is 32.1. The first-order valence-electron chi connectivity index (χ1n) is 11.5. The molecule has 0 radical (unpaired) electrons. The van der Waals surface area contributed by atoms with Crippen LogP contribution in [0.3, 0.4) is 0 Å². The maximum absolute atomic E-state index is 15.4. The SMILES string of the molecule is COc1ccc2nccc([C@@H](F)CC[C@@H]3CCN(CC#Cc4sccc4C)C[C@@H]3C(=O)O)c2c1. The Morgan fingerprint density at radius 2 is 2.24 bits per heavy atom. The van der Waals surface area contributed by atoms with Gasteiger partial charge in [0.25, 0.3) is 0 Å². The smallest absolute Gasteiger partial charge is 0.308 e. The van der Waals surface area contributed by atoms with E-state index in [-0.39, 0.29) is 12.3 Å². The van der Waals surface area contributed by atoms with Crippen molar-refractivity contribution in [2.24, 2.45) is 11.8 Å². The number of carbonyl (C=O) groups is 1. The topological polar surface area (TPSA) is 62.7 Å². The maximum atomic E-state index is 15.4. The second-order valence-corrected chi connectivity index (χ2v) is 9.71. The molecule has 0 bridgehead atoms. The molecule has 0 unspecified atom stereocenters. The van der Waals surface area contributed by atoms with Crippen molar-refractivity contribution in [2.45, 2.75) is 32.4 Å². The molecule has 4 rings (SSSR count). The highest BCUT2D eigenvalue weighted by Gasteiger charge is 2.34. The van der Waals surface area contributed by atoms with E-state index in [9.17, 15) is 9.90 Å². The quantitative estimate of drug-likeness (QED) is 0.454. The average Bonchev–Trinajstić information content (AvgIpc) is 3.26. The number of aliphatic carboxylic acids is 1. The fourth-order valence-corrected chi connectivity index (χ4v) is 5.43. The molecule has 34 heavy (non-hydrogen) atoms. The van der Waals surface area contributed by atoms with Crippen LogP contribution in [0.2, 0.25) is 0 Å². The third-order valence-electron chi connectivity index (χ3n) is 6.63. The van der Waals surface area contributed by atoms with Gasteiger partial charge in [-0.2, -0.15) is 0 Å². The van der Waals surface area contributed by atoms with Crippen molar-refractivity contribution in [3.05, 3.63) is 57.9 Å². The highest BCUT2D eigenvalue weighted by molar-refractivity contribution is 7.10. The monoisotopic (exact) mass is 480 g/mol. The summed E-state index contributed by atoms with van der Waals surface area (Å²) in [5.41, 5.74) is 2.46. The van der Waals surface area contributed by atoms with Crippen molar-refractivity contribution in [1.82, 2.24) is 9.88 Å². The molecule has 1 aliphatic rings. The minimum Gasteiger partial charge on any atom is -0.497 e. The molecule has 0 amide bonds. The van der Waals surface area contributed by atoms with Gasteiger partial charge in [0.15, 0.2) is 0 Å². The molecule has 3 heterocycles. The Bertz CT molecular complexity index is 1220. The number of likely N-dealkylation sites (tertiary alicyclic amines) is 1. The zero-order chi connectivity index (χ0) is 24.1. The number of carboxylic acid groups (broad SMARTS) is 1. The molecule has 3 aromatic rings. The largest absolute Gasteiger partial charge is 0.497 e. The number of ether oxygens (including phenoxy) is 1. The van der Waals surface area contributed by atoms with Crippen molar-refractivity contribution in [2.75, 3.05) is 26.7 Å². The van der Waals surface area contributed by atoms with Crippen molar-refractivity contribution in [3.8, 4) is 17.6 Å². The Hall–Kier alpha value is -2.95. The van der Waals surface area contributed by atoms with Crippen molar-refractivity contribution >= 4 is 28.2 Å². The van der Waals surface area contributed by atoms with Gasteiger partial charge in [0.05, 0.1) is 30.0 Å². The molecule has 1 aliphatic heterocycles. The van der Waals surface area contributed by atoms with E-state index in [4.69, 9.17) is 4.74 Å². The zero-order valence-electron chi connectivity index (χ0n) is 19.5. The van der Waals surface area contributed by atoms with Crippen LogP contribution in [-0.2, 0) is 4.79 Å². The Labute approximate surface area is 203 Å². The first-order valence-corrected chi connectivity index (χ1v) is 12.4. The molecule has 7 heteroatoms. The van der Waals surface area contributed by atoms with Crippen molar-refractivity contribution in [1.29, 1.82) is 0 Å². The lowest BCUT2D eigenvalue weighted by atomic mass is 9.81. The standard InChI is InChI=1S/C27H29FN2O3S/c1-18-11-15-34-26(18)4-3-13-30-14-10-19(23(17-30)27(31)32)5-7-24(28)21-9-12-29-25-8-6-20(33-2)16-22(21)25/h6,8-9,11-12,15-16,19,23-24H,5,7,10,13-14,17H2,1-2H3,(H,31,32)/t19-,23+,24+/m1/s1. The fraction of sp³-hybridized carbons (Fsp3) is 0.407. The van der Waals surface area contributed by atoms with Gasteiger partial charge in [-0.1, -0.05) is 11.8 Å². The van der Waals surface area contributed by atoms with Gasteiger partial charge in [-0.3, -0.25) is 14.7 Å². The summed E-state index contributed by atoms with van der Waals surface area (Å²) in [6.07, 6.45) is 1.97. The van der Waals surface area contributed by atoms with Crippen molar-refractivity contribution in [3.63, 3.8) is 0 Å². The van der Waals surface area contributed by atoms with Crippen LogP contribution in [-0.4, -0.2) is 47.7 Å². The molecular weight excluding hydrogens is 451 g/mol. The van der Waals surface area contributed by atoms with E-state index >= 15 is 4.39 Å². The van der Waals surface area contributed by atoms with Crippen LogP contribution in [0.25, 0.3) is 10.9 Å². The Morgan fingerprint density at radius 3 is 2.97 bits per heavy atom. The first kappa shape index (κ1) is 24.2. The van der Waals surface area contributed by atoms with Gasteiger partial charge in [0, 0.05) is 18.1 Å². The molecule has 0 saturated carbocycles. The third kappa shape index (κ3) is 5.57. The predicted molar refractivity (Wildman–Crippen MR) is 133 cm³/mol. The zero-order valence-corrected chi connectivity index (χ0v) is 20.3. The van der Waals surface area contributed by atoms with Gasteiger partial charge in [0.2, 0.25) is 0 Å². The molecule has 1 N–H and O–H groups in total. The summed E-state index contributed by atoms with van der Waals surface area (Å²) >= 11 is 1.62. The van der Waals surface area contributed by atoms with Gasteiger partial charge >= 0.3 is 5.97 Å². The van der Waals surface area contributed by atoms with E-state index in [0.717, 1.165) is 28.7 Å². The minimum atomic E-state index is -1.19. The number of aromatic nitrogens is 1. The summed E-state index contributed by atoms with van der Waals surface area (Å²) in [7, 11) is 1.58. The van der Waals surface area contributed by atoms with E-state index < -0.39 is 18.1 Å². The number of thiophene rings is 1. The molecule has 0 aliphatic carbocycles. The third-order valence-corrected chi connectivity index (χ3v) is 7.57. The number of hydrogen-bond donors (Lipinski definition) is 1. The molecule has 0 spiro atoms. The lowest BCUT2D eigenvalue weighted by Crippen LogP contribution is -2.44. The maximum Gasteiger partial charge on any atom is 0.308 e. The van der Waals surface area contributed by atoms with E-state index in [2.05, 4.69) is 21.7 Å². The van der Waals surface area contributed by atoms with Crippen LogP contribution < -0.4 is 4.74 Å². The van der Waals surface area contributed by atoms with Gasteiger partial charge < -0.3 is 9.84 Å². The van der Waals surface area contributed by atoms with Gasteiger partial charge in [-0.15, -0.1) is 11.3 Å². The van der Waals surface area contributed by atoms with E-state index in [1.807, 2.05) is 36.6 Å². The number of nitrogens with zero attached hydrogens (tertiary/aromatic N) is 2. The molecule has 3 atom stereocenters. The molecule has 1 fully saturated rings. The number of pyridine rings is 1. The predicted octanol–water partition coefficient (Wildman–Crippen LogP) is 5.48.